The second-order valence-corrected chi connectivity index (χ2v) is 4.25. The number of carbonyl (C=O) groups is 1. The average molecular weight is 284 g/mol. The van der Waals surface area contributed by atoms with Crippen LogP contribution in [-0.2, 0) is 0 Å². The Hall–Kier alpha value is -2.82. The number of aromatic carboxylic acids is 1. The van der Waals surface area contributed by atoms with Gasteiger partial charge in [-0.1, -0.05) is 0 Å². The number of carboxylic acids is 1. The molecule has 2 rings (SSSR count). The molecule has 5 heteroatoms. The quantitative estimate of drug-likeness (QED) is 0.631. The molecule has 21 heavy (non-hydrogen) atoms. The molecular weight excluding hydrogens is 268 g/mol. The van der Waals surface area contributed by atoms with E-state index in [1.807, 2.05) is 31.2 Å². The van der Waals surface area contributed by atoms with Gasteiger partial charge in [-0.2, -0.15) is 5.10 Å². The molecule has 2 aromatic carbocycles. The van der Waals surface area contributed by atoms with Crippen LogP contribution in [0.4, 0.5) is 5.69 Å². The van der Waals surface area contributed by atoms with Crippen LogP contribution in [0.1, 0.15) is 22.8 Å². The van der Waals surface area contributed by atoms with Crippen molar-refractivity contribution in [1.29, 1.82) is 0 Å². The van der Waals surface area contributed by atoms with Crippen LogP contribution in [0, 0.1) is 0 Å². The van der Waals surface area contributed by atoms with Gasteiger partial charge in [0.25, 0.3) is 0 Å². The minimum Gasteiger partial charge on any atom is -0.494 e. The van der Waals surface area contributed by atoms with E-state index in [-0.39, 0.29) is 5.56 Å². The molecule has 5 nitrogen and oxygen atoms in total. The maximum absolute atomic E-state index is 10.7. The molecule has 0 unspecified atom stereocenters. The first-order chi connectivity index (χ1) is 10.2. The van der Waals surface area contributed by atoms with Gasteiger partial charge in [-0.15, -0.1) is 0 Å². The van der Waals surface area contributed by atoms with Gasteiger partial charge < -0.3 is 9.84 Å². The van der Waals surface area contributed by atoms with Crippen LogP contribution >= 0.6 is 0 Å². The molecule has 0 aromatic heterocycles. The smallest absolute Gasteiger partial charge is 0.335 e. The van der Waals surface area contributed by atoms with Crippen LogP contribution in [0.2, 0.25) is 0 Å². The Morgan fingerprint density at radius 1 is 1.19 bits per heavy atom. The van der Waals surface area contributed by atoms with E-state index in [1.165, 1.54) is 12.1 Å². The Kier molecular flexibility index (Phi) is 4.93. The number of hydrazone groups is 1. The van der Waals surface area contributed by atoms with Gasteiger partial charge in [0.1, 0.15) is 5.75 Å². The van der Waals surface area contributed by atoms with Crippen LogP contribution in [0.15, 0.2) is 53.6 Å². The third kappa shape index (κ3) is 4.35. The summed E-state index contributed by atoms with van der Waals surface area (Å²) in [7, 11) is 0. The maximum Gasteiger partial charge on any atom is 0.335 e. The predicted molar refractivity (Wildman–Crippen MR) is 82.2 cm³/mol. The van der Waals surface area contributed by atoms with Crippen molar-refractivity contribution in [2.24, 2.45) is 5.10 Å². The third-order valence-corrected chi connectivity index (χ3v) is 2.73. The highest BCUT2D eigenvalue weighted by atomic mass is 16.5. The Labute approximate surface area is 122 Å². The standard InChI is InChI=1S/C16H16N2O3/c1-2-21-15-9-3-12(4-10-15)11-17-18-14-7-5-13(6-8-14)16(19)20/h3-11,18H,2H2,1H3,(H,19,20)/b17-11+. The molecule has 0 aliphatic heterocycles. The summed E-state index contributed by atoms with van der Waals surface area (Å²) in [6, 6.07) is 14.0. The lowest BCUT2D eigenvalue weighted by molar-refractivity contribution is 0.0697. The second kappa shape index (κ2) is 7.09. The van der Waals surface area contributed by atoms with Crippen LogP contribution in [0.5, 0.6) is 5.75 Å². The van der Waals surface area contributed by atoms with Gasteiger partial charge in [0.15, 0.2) is 0 Å². The molecule has 0 radical (unpaired) electrons. The van der Waals surface area contributed by atoms with E-state index >= 15 is 0 Å². The topological polar surface area (TPSA) is 70.9 Å². The highest BCUT2D eigenvalue weighted by Crippen LogP contribution is 2.12. The normalized spacial score (nSPS) is 10.5. The largest absolute Gasteiger partial charge is 0.494 e. The number of benzene rings is 2. The Balaban J connectivity index is 1.93. The van der Waals surface area contributed by atoms with Crippen molar-refractivity contribution in [2.75, 3.05) is 12.0 Å². The van der Waals surface area contributed by atoms with Crippen molar-refractivity contribution in [3.8, 4) is 5.75 Å². The highest BCUT2D eigenvalue weighted by Gasteiger charge is 2.00. The van der Waals surface area contributed by atoms with Gasteiger partial charge in [-0.3, -0.25) is 5.43 Å². The molecule has 0 saturated heterocycles. The first-order valence-corrected chi connectivity index (χ1v) is 6.54. The zero-order chi connectivity index (χ0) is 15.1. The summed E-state index contributed by atoms with van der Waals surface area (Å²) in [6.45, 7) is 2.58. The Bertz CT molecular complexity index is 619. The fraction of sp³-hybridized carbons (Fsp3) is 0.125. The molecular formula is C16H16N2O3. The monoisotopic (exact) mass is 284 g/mol. The van der Waals surface area contributed by atoms with Gasteiger partial charge in [-0.25, -0.2) is 4.79 Å². The zero-order valence-electron chi connectivity index (χ0n) is 11.6. The van der Waals surface area contributed by atoms with Crippen molar-refractivity contribution in [3.05, 3.63) is 59.7 Å². The number of nitrogens with one attached hydrogen (secondary N) is 1. The Morgan fingerprint density at radius 2 is 1.86 bits per heavy atom. The first kappa shape index (κ1) is 14.6. The van der Waals surface area contributed by atoms with Gasteiger partial charge in [0, 0.05) is 0 Å². The van der Waals surface area contributed by atoms with E-state index in [9.17, 15) is 4.79 Å². The lowest BCUT2D eigenvalue weighted by atomic mass is 10.2. The predicted octanol–water partition coefficient (Wildman–Crippen LogP) is 3.23. The van der Waals surface area contributed by atoms with Gasteiger partial charge in [0.2, 0.25) is 0 Å². The minimum atomic E-state index is -0.945. The number of anilines is 1. The molecule has 0 saturated carbocycles. The summed E-state index contributed by atoms with van der Waals surface area (Å²) in [6.07, 6.45) is 1.68. The SMILES string of the molecule is CCOc1ccc(/C=N/Nc2ccc(C(=O)O)cc2)cc1. The summed E-state index contributed by atoms with van der Waals surface area (Å²) < 4.78 is 5.36. The first-order valence-electron chi connectivity index (χ1n) is 6.54. The molecule has 0 fully saturated rings. The van der Waals surface area contributed by atoms with E-state index in [4.69, 9.17) is 9.84 Å². The number of hydrogen-bond acceptors (Lipinski definition) is 4. The van der Waals surface area contributed by atoms with Gasteiger partial charge >= 0.3 is 5.97 Å². The zero-order valence-corrected chi connectivity index (χ0v) is 11.6. The van der Waals surface area contributed by atoms with Crippen LogP contribution in [-0.4, -0.2) is 23.9 Å². The van der Waals surface area contributed by atoms with Crippen LogP contribution < -0.4 is 10.2 Å². The molecule has 0 aliphatic rings. The summed E-state index contributed by atoms with van der Waals surface area (Å²) >= 11 is 0. The maximum atomic E-state index is 10.7. The molecule has 108 valence electrons. The van der Waals surface area contributed by atoms with Crippen molar-refractivity contribution < 1.29 is 14.6 Å². The minimum absolute atomic E-state index is 0.246. The van der Waals surface area contributed by atoms with Crippen LogP contribution in [0.3, 0.4) is 0 Å². The molecule has 2 N–H and O–H groups in total. The number of ether oxygens (including phenoxy) is 1. The van der Waals surface area contributed by atoms with E-state index in [0.717, 1.165) is 17.0 Å². The third-order valence-electron chi connectivity index (χ3n) is 2.73. The Morgan fingerprint density at radius 3 is 2.43 bits per heavy atom. The fourth-order valence-electron chi connectivity index (χ4n) is 1.69. The average Bonchev–Trinajstić information content (AvgIpc) is 2.50. The lowest BCUT2D eigenvalue weighted by Gasteiger charge is -2.03. The van der Waals surface area contributed by atoms with Crippen molar-refractivity contribution >= 4 is 17.9 Å². The number of hydrogen-bond donors (Lipinski definition) is 2. The second-order valence-electron chi connectivity index (χ2n) is 4.25. The number of nitrogens with zero attached hydrogens (tertiary/aromatic N) is 1. The lowest BCUT2D eigenvalue weighted by Crippen LogP contribution is -1.96. The van der Waals surface area contributed by atoms with Crippen molar-refractivity contribution in [1.82, 2.24) is 0 Å². The van der Waals surface area contributed by atoms with Crippen LogP contribution in [0.25, 0.3) is 0 Å². The highest BCUT2D eigenvalue weighted by molar-refractivity contribution is 5.88. The summed E-state index contributed by atoms with van der Waals surface area (Å²) in [4.78, 5) is 10.7. The molecule has 0 heterocycles. The summed E-state index contributed by atoms with van der Waals surface area (Å²) in [5.74, 6) is -0.119. The molecule has 0 atom stereocenters. The van der Waals surface area contributed by atoms with E-state index in [2.05, 4.69) is 10.5 Å². The van der Waals surface area contributed by atoms with E-state index in [1.54, 1.807) is 18.3 Å². The summed E-state index contributed by atoms with van der Waals surface area (Å²) in [5, 5.41) is 12.9. The van der Waals surface area contributed by atoms with Crippen molar-refractivity contribution in [3.63, 3.8) is 0 Å². The number of rotatable bonds is 6. The summed E-state index contributed by atoms with van der Waals surface area (Å²) in [5.41, 5.74) is 4.75. The molecule has 0 bridgehead atoms. The molecule has 2 aromatic rings. The molecule has 0 aliphatic carbocycles. The van der Waals surface area contributed by atoms with Gasteiger partial charge in [0.05, 0.1) is 24.1 Å². The molecule has 0 spiro atoms. The number of carboxylic acid groups (broad SMARTS) is 1. The van der Waals surface area contributed by atoms with Gasteiger partial charge in [-0.05, 0) is 61.0 Å². The van der Waals surface area contributed by atoms with Crippen molar-refractivity contribution in [2.45, 2.75) is 6.92 Å². The molecule has 0 amide bonds. The fourth-order valence-corrected chi connectivity index (χ4v) is 1.69. The van der Waals surface area contributed by atoms with E-state index < -0.39 is 5.97 Å². The van der Waals surface area contributed by atoms with E-state index in [0.29, 0.717) is 6.61 Å².